The molecule has 5 heteroatoms. The van der Waals surface area contributed by atoms with Crippen LogP contribution in [0.15, 0.2) is 72.9 Å². The van der Waals surface area contributed by atoms with Crippen LogP contribution in [0.25, 0.3) is 17.2 Å². The molecule has 4 aromatic rings. The Balaban J connectivity index is 1.82. The summed E-state index contributed by atoms with van der Waals surface area (Å²) < 4.78 is 1.99. The molecule has 0 radical (unpaired) electrons. The summed E-state index contributed by atoms with van der Waals surface area (Å²) in [4.78, 5) is 4.43. The van der Waals surface area contributed by atoms with E-state index in [9.17, 15) is 0 Å². The molecule has 0 saturated carbocycles. The first-order valence-electron chi connectivity index (χ1n) is 8.48. The van der Waals surface area contributed by atoms with Gasteiger partial charge >= 0.3 is 0 Å². The molecule has 0 atom stereocenters. The Labute approximate surface area is 152 Å². The third kappa shape index (κ3) is 3.19. The van der Waals surface area contributed by atoms with Crippen molar-refractivity contribution in [1.82, 2.24) is 19.7 Å². The zero-order valence-electron chi connectivity index (χ0n) is 14.7. The van der Waals surface area contributed by atoms with Crippen molar-refractivity contribution in [2.45, 2.75) is 13.8 Å². The zero-order valence-corrected chi connectivity index (χ0v) is 14.7. The number of anilines is 2. The lowest BCUT2D eigenvalue weighted by Crippen LogP contribution is -2.04. The summed E-state index contributed by atoms with van der Waals surface area (Å²) in [6.07, 6.45) is 1.76. The molecule has 0 aliphatic carbocycles. The van der Waals surface area contributed by atoms with E-state index in [-0.39, 0.29) is 0 Å². The fourth-order valence-electron chi connectivity index (χ4n) is 2.73. The van der Waals surface area contributed by atoms with Crippen LogP contribution >= 0.6 is 0 Å². The molecule has 26 heavy (non-hydrogen) atoms. The lowest BCUT2D eigenvalue weighted by molar-refractivity contribution is 1.05. The van der Waals surface area contributed by atoms with Crippen LogP contribution in [0, 0.1) is 13.8 Å². The number of aromatic nitrogens is 4. The number of aryl methyl sites for hydroxylation is 2. The molecule has 2 aromatic carbocycles. The number of rotatable bonds is 4. The predicted octanol–water partition coefficient (Wildman–Crippen LogP) is 4.69. The highest BCUT2D eigenvalue weighted by Crippen LogP contribution is 2.26. The van der Waals surface area contributed by atoms with E-state index >= 15 is 0 Å². The van der Waals surface area contributed by atoms with Crippen LogP contribution in [0.4, 0.5) is 11.6 Å². The van der Waals surface area contributed by atoms with Gasteiger partial charge in [-0.2, -0.15) is 0 Å². The van der Waals surface area contributed by atoms with E-state index < -0.39 is 0 Å². The summed E-state index contributed by atoms with van der Waals surface area (Å²) in [5.41, 5.74) is 5.14. The van der Waals surface area contributed by atoms with Crippen molar-refractivity contribution < 1.29 is 0 Å². The number of hydrogen-bond acceptors (Lipinski definition) is 4. The Morgan fingerprint density at radius 2 is 1.46 bits per heavy atom. The van der Waals surface area contributed by atoms with E-state index in [1.54, 1.807) is 6.20 Å². The second-order valence-corrected chi connectivity index (χ2v) is 6.22. The predicted molar refractivity (Wildman–Crippen MR) is 104 cm³/mol. The van der Waals surface area contributed by atoms with Crippen LogP contribution in [0.2, 0.25) is 0 Å². The molecule has 0 amide bonds. The summed E-state index contributed by atoms with van der Waals surface area (Å²) in [5, 5.41) is 12.1. The van der Waals surface area contributed by atoms with Gasteiger partial charge in [-0.05, 0) is 50.2 Å². The van der Waals surface area contributed by atoms with Crippen LogP contribution in [0.3, 0.4) is 0 Å². The number of benzene rings is 2. The molecule has 2 aromatic heterocycles. The lowest BCUT2D eigenvalue weighted by atomic mass is 10.2. The Morgan fingerprint density at radius 3 is 2.12 bits per heavy atom. The Kier molecular flexibility index (Phi) is 4.19. The van der Waals surface area contributed by atoms with Crippen molar-refractivity contribution in [1.29, 1.82) is 0 Å². The van der Waals surface area contributed by atoms with Gasteiger partial charge in [-0.3, -0.25) is 9.55 Å². The summed E-state index contributed by atoms with van der Waals surface area (Å²) in [5.74, 6) is 1.35. The topological polar surface area (TPSA) is 55.6 Å². The van der Waals surface area contributed by atoms with Gasteiger partial charge in [0.1, 0.15) is 5.69 Å². The first-order chi connectivity index (χ1) is 12.7. The molecule has 0 bridgehead atoms. The minimum atomic E-state index is 0.651. The molecule has 1 N–H and O–H groups in total. The second-order valence-electron chi connectivity index (χ2n) is 6.22. The van der Waals surface area contributed by atoms with Gasteiger partial charge < -0.3 is 5.32 Å². The second kappa shape index (κ2) is 6.80. The first kappa shape index (κ1) is 16.0. The van der Waals surface area contributed by atoms with Gasteiger partial charge in [-0.25, -0.2) is 0 Å². The van der Waals surface area contributed by atoms with Gasteiger partial charge in [-0.1, -0.05) is 41.5 Å². The molecule has 0 unspecified atom stereocenters. The highest BCUT2D eigenvalue weighted by molar-refractivity contribution is 5.62. The maximum atomic E-state index is 4.43. The van der Waals surface area contributed by atoms with E-state index in [0.29, 0.717) is 11.8 Å². The van der Waals surface area contributed by atoms with Crippen molar-refractivity contribution in [3.05, 3.63) is 84.1 Å². The molecule has 0 saturated heterocycles. The SMILES string of the molecule is Cc1ccc(Nc2nnc(-c3ccccn3)n2-c2ccc(C)cc2)cc1. The van der Waals surface area contributed by atoms with Crippen LogP contribution in [0.1, 0.15) is 11.1 Å². The molecule has 0 aliphatic rings. The lowest BCUT2D eigenvalue weighted by Gasteiger charge is -2.12. The maximum absolute atomic E-state index is 4.43. The average Bonchev–Trinajstić information content (AvgIpc) is 3.08. The number of nitrogens with zero attached hydrogens (tertiary/aromatic N) is 4. The molecule has 0 fully saturated rings. The van der Waals surface area contributed by atoms with Gasteiger partial charge in [0.15, 0.2) is 5.82 Å². The highest BCUT2D eigenvalue weighted by Gasteiger charge is 2.16. The number of nitrogens with one attached hydrogen (secondary N) is 1. The Hall–Kier alpha value is -3.47. The highest BCUT2D eigenvalue weighted by atomic mass is 15.4. The third-order valence-corrected chi connectivity index (χ3v) is 4.16. The van der Waals surface area contributed by atoms with Crippen LogP contribution < -0.4 is 5.32 Å². The molecule has 128 valence electrons. The van der Waals surface area contributed by atoms with Crippen LogP contribution in [-0.2, 0) is 0 Å². The minimum absolute atomic E-state index is 0.651. The third-order valence-electron chi connectivity index (χ3n) is 4.16. The van der Waals surface area contributed by atoms with E-state index in [1.807, 2.05) is 34.9 Å². The quantitative estimate of drug-likeness (QED) is 0.585. The van der Waals surface area contributed by atoms with Gasteiger partial charge in [0.25, 0.3) is 0 Å². The van der Waals surface area contributed by atoms with E-state index in [1.165, 1.54) is 11.1 Å². The minimum Gasteiger partial charge on any atom is -0.324 e. The normalized spacial score (nSPS) is 10.7. The van der Waals surface area contributed by atoms with Gasteiger partial charge in [0.05, 0.1) is 5.69 Å². The first-order valence-corrected chi connectivity index (χ1v) is 8.48. The van der Waals surface area contributed by atoms with Gasteiger partial charge in [0.2, 0.25) is 5.95 Å². The summed E-state index contributed by atoms with van der Waals surface area (Å²) in [7, 11) is 0. The summed E-state index contributed by atoms with van der Waals surface area (Å²) in [6, 6.07) is 22.2. The van der Waals surface area contributed by atoms with Crippen LogP contribution in [0.5, 0.6) is 0 Å². The summed E-state index contributed by atoms with van der Waals surface area (Å²) >= 11 is 0. The zero-order chi connectivity index (χ0) is 17.9. The van der Waals surface area contributed by atoms with E-state index in [0.717, 1.165) is 17.1 Å². The Bertz CT molecular complexity index is 1000. The molecule has 5 nitrogen and oxygen atoms in total. The smallest absolute Gasteiger partial charge is 0.234 e. The van der Waals surface area contributed by atoms with Crippen molar-refractivity contribution in [2.75, 3.05) is 5.32 Å². The van der Waals surface area contributed by atoms with E-state index in [2.05, 4.69) is 70.7 Å². The van der Waals surface area contributed by atoms with E-state index in [4.69, 9.17) is 0 Å². The van der Waals surface area contributed by atoms with Crippen molar-refractivity contribution in [3.8, 4) is 17.2 Å². The Morgan fingerprint density at radius 1 is 0.769 bits per heavy atom. The molecule has 2 heterocycles. The van der Waals surface area contributed by atoms with Crippen molar-refractivity contribution in [2.24, 2.45) is 0 Å². The molecular formula is C21H19N5. The van der Waals surface area contributed by atoms with Crippen molar-refractivity contribution in [3.63, 3.8) is 0 Å². The van der Waals surface area contributed by atoms with Crippen molar-refractivity contribution >= 4 is 11.6 Å². The average molecular weight is 341 g/mol. The number of pyridine rings is 1. The molecular weight excluding hydrogens is 322 g/mol. The fourth-order valence-corrected chi connectivity index (χ4v) is 2.73. The molecule has 4 rings (SSSR count). The maximum Gasteiger partial charge on any atom is 0.234 e. The molecule has 0 spiro atoms. The standard InChI is InChI=1S/C21H19N5/c1-15-6-10-17(11-7-15)23-21-25-24-20(19-5-3-4-14-22-19)26(21)18-12-8-16(2)9-13-18/h3-14H,1-2H3,(H,23,25). The number of hydrogen-bond donors (Lipinski definition) is 1. The largest absolute Gasteiger partial charge is 0.324 e. The fraction of sp³-hybridized carbons (Fsp3) is 0.0952. The summed E-state index contributed by atoms with van der Waals surface area (Å²) in [6.45, 7) is 4.14. The van der Waals surface area contributed by atoms with Gasteiger partial charge in [0, 0.05) is 11.9 Å². The molecule has 0 aliphatic heterocycles. The van der Waals surface area contributed by atoms with Gasteiger partial charge in [-0.15, -0.1) is 10.2 Å². The monoisotopic (exact) mass is 341 g/mol. The van der Waals surface area contributed by atoms with Crippen LogP contribution in [-0.4, -0.2) is 19.7 Å².